The number of hydrogen-bond acceptors (Lipinski definition) is 1. The molecule has 0 atom stereocenters. The topological polar surface area (TPSA) is 20.2 Å². The van der Waals surface area contributed by atoms with Crippen LogP contribution in [0.25, 0.3) is 0 Å². The van der Waals surface area contributed by atoms with Crippen molar-refractivity contribution in [2.45, 2.75) is 12.7 Å². The summed E-state index contributed by atoms with van der Waals surface area (Å²) in [6, 6.07) is 0. The minimum atomic E-state index is -3.17. The average Bonchev–Trinajstić information content (AvgIpc) is 2.09. The highest BCUT2D eigenvalue weighted by Gasteiger charge is 2.18. The van der Waals surface area contributed by atoms with E-state index in [9.17, 15) is 0 Å². The zero-order chi connectivity index (χ0) is 10.0. The Hall–Kier alpha value is -0.0400. The van der Waals surface area contributed by atoms with Crippen molar-refractivity contribution in [1.29, 1.82) is 0 Å². The van der Waals surface area contributed by atoms with Crippen LogP contribution in [0.1, 0.15) is 22.3 Å². The summed E-state index contributed by atoms with van der Waals surface area (Å²) in [4.78, 5) is 0. The lowest BCUT2D eigenvalue weighted by molar-refractivity contribution is 0.277. The second-order valence-corrected chi connectivity index (χ2v) is 0.737. The van der Waals surface area contributed by atoms with Crippen LogP contribution in [0, 0.1) is 5.89 Å². The van der Waals surface area contributed by atoms with E-state index < -0.39 is 25.2 Å². The van der Waals surface area contributed by atoms with Gasteiger partial charge >= 0.3 is 0 Å². The van der Waals surface area contributed by atoms with Crippen LogP contribution in [0.2, 0.25) is 0 Å². The van der Waals surface area contributed by atoms with Crippen LogP contribution < -0.4 is 0 Å². The Morgan fingerprint density at radius 2 is 3.00 bits per heavy atom. The van der Waals surface area contributed by atoms with Crippen LogP contribution in [0.15, 0.2) is 0 Å². The van der Waals surface area contributed by atoms with Crippen LogP contribution in [0.3, 0.4) is 0 Å². The Balaban J connectivity index is 3.09. The first-order valence-electron chi connectivity index (χ1n) is 4.72. The summed E-state index contributed by atoms with van der Waals surface area (Å²) in [6.45, 7) is -3.17. The van der Waals surface area contributed by atoms with E-state index in [1.807, 2.05) is 0 Å². The second-order valence-electron chi connectivity index (χ2n) is 0.737. The van der Waals surface area contributed by atoms with Gasteiger partial charge in [0.1, 0.15) is 0 Å². The van der Waals surface area contributed by atoms with Gasteiger partial charge in [-0.15, -0.1) is 0 Å². The minimum absolute atomic E-state index is 2.64. The van der Waals surface area contributed by atoms with Crippen molar-refractivity contribution >= 4 is 0 Å². The maximum absolute atomic E-state index is 8.75. The molecule has 0 aromatic rings. The molecule has 1 saturated carbocycles. The highest BCUT2D eigenvalue weighted by atomic mass is 16.3. The SMILES string of the molecule is [2H]C([2H])(O)C1([2H])C([2H])([2H])C1([2H])[2H]. The van der Waals surface area contributed by atoms with Gasteiger partial charge in [0.2, 0.25) is 0 Å². The highest BCUT2D eigenvalue weighted by molar-refractivity contribution is 4.70. The molecular formula is C4H8O. The van der Waals surface area contributed by atoms with Crippen LogP contribution in [0.4, 0.5) is 0 Å². The predicted molar refractivity (Wildman–Crippen MR) is 19.8 cm³/mol. The fourth-order valence-electron chi connectivity index (χ4n) is 0.0872. The molecule has 1 rings (SSSR count). The van der Waals surface area contributed by atoms with Crippen LogP contribution in [0.5, 0.6) is 0 Å². The van der Waals surface area contributed by atoms with Gasteiger partial charge in [-0.2, -0.15) is 0 Å². The zero-order valence-corrected chi connectivity index (χ0v) is 2.45. The predicted octanol–water partition coefficient (Wildman–Crippen LogP) is 0.389. The first-order chi connectivity index (χ1) is 5.00. The van der Waals surface area contributed by atoms with E-state index >= 15 is 0 Å². The molecule has 0 aromatic carbocycles. The Morgan fingerprint density at radius 1 is 2.40 bits per heavy atom. The summed E-state index contributed by atoms with van der Waals surface area (Å²) in [5.74, 6) is -2.72. The largest absolute Gasteiger partial charge is 0.396 e. The molecule has 0 unspecified atom stereocenters. The van der Waals surface area contributed by atoms with Crippen molar-refractivity contribution in [2.24, 2.45) is 5.89 Å². The minimum Gasteiger partial charge on any atom is -0.396 e. The van der Waals surface area contributed by atoms with Gasteiger partial charge in [-0.25, -0.2) is 0 Å². The molecule has 1 aliphatic rings. The van der Waals surface area contributed by atoms with Crippen LogP contribution in [-0.4, -0.2) is 11.7 Å². The summed E-state index contributed by atoms with van der Waals surface area (Å²) in [7, 11) is 0. The standard InChI is InChI=1S/C4H8O/c5-3-4-1-2-4/h4-5H,1-3H2/i1D2,2D2,3D2,4D. The molecule has 0 radical (unpaired) electrons. The van der Waals surface area contributed by atoms with E-state index in [0.29, 0.717) is 0 Å². The van der Waals surface area contributed by atoms with Crippen molar-refractivity contribution in [3.63, 3.8) is 0 Å². The van der Waals surface area contributed by atoms with E-state index in [-0.39, 0.29) is 0 Å². The maximum atomic E-state index is 8.75. The van der Waals surface area contributed by atoms with E-state index in [1.54, 1.807) is 0 Å². The molecular weight excluding hydrogens is 64.0 g/mol. The molecule has 0 amide bonds. The van der Waals surface area contributed by atoms with Crippen molar-refractivity contribution in [1.82, 2.24) is 0 Å². The van der Waals surface area contributed by atoms with E-state index in [0.717, 1.165) is 0 Å². The number of aliphatic hydroxyl groups is 1. The molecule has 0 bridgehead atoms. The molecule has 0 heterocycles. The average molecular weight is 79.1 g/mol. The molecule has 0 spiro atoms. The fraction of sp³-hybridized carbons (Fsp3) is 1.00. The molecule has 1 N–H and O–H groups in total. The number of hydrogen-bond donors (Lipinski definition) is 1. The maximum Gasteiger partial charge on any atom is 0.0567 e. The summed E-state index contributed by atoms with van der Waals surface area (Å²) in [5, 5.41) is 8.75. The Morgan fingerprint density at radius 3 is 3.00 bits per heavy atom. The normalized spacial score (nSPS) is 73.4. The van der Waals surface area contributed by atoms with Gasteiger partial charge in [0.25, 0.3) is 0 Å². The van der Waals surface area contributed by atoms with Crippen LogP contribution in [-0.2, 0) is 0 Å². The van der Waals surface area contributed by atoms with Crippen LogP contribution >= 0.6 is 0 Å². The first kappa shape index (κ1) is 0.544. The van der Waals surface area contributed by atoms with Gasteiger partial charge in [-0.1, -0.05) is 0 Å². The van der Waals surface area contributed by atoms with Gasteiger partial charge in [-0.3, -0.25) is 0 Å². The van der Waals surface area contributed by atoms with Crippen molar-refractivity contribution in [3.05, 3.63) is 0 Å². The second kappa shape index (κ2) is 0.977. The molecule has 1 aliphatic carbocycles. The Labute approximate surface area is 41.5 Å². The van der Waals surface area contributed by atoms with Crippen molar-refractivity contribution in [3.8, 4) is 0 Å². The third-order valence-electron chi connectivity index (χ3n) is 0.362. The molecule has 1 nitrogen and oxygen atoms in total. The zero-order valence-electron chi connectivity index (χ0n) is 9.45. The lowest BCUT2D eigenvalue weighted by atomic mass is 10.5. The molecule has 0 aliphatic heterocycles. The van der Waals surface area contributed by atoms with Gasteiger partial charge in [0, 0.05) is 13.4 Å². The van der Waals surface area contributed by atoms with E-state index in [4.69, 9.17) is 14.7 Å². The third kappa shape index (κ3) is 0.618. The lowest BCUT2D eigenvalue weighted by Gasteiger charge is -1.73. The molecule has 5 heavy (non-hydrogen) atoms. The van der Waals surface area contributed by atoms with Crippen molar-refractivity contribution < 1.29 is 14.7 Å². The Kier molecular flexibility index (Phi) is 0.106. The van der Waals surface area contributed by atoms with E-state index in [1.165, 1.54) is 0 Å². The lowest BCUT2D eigenvalue weighted by Crippen LogP contribution is -1.78. The highest BCUT2D eigenvalue weighted by Crippen LogP contribution is 2.27. The molecule has 1 heteroatoms. The monoisotopic (exact) mass is 79.1 g/mol. The van der Waals surface area contributed by atoms with Crippen molar-refractivity contribution in [2.75, 3.05) is 6.56 Å². The third-order valence-corrected chi connectivity index (χ3v) is 0.362. The smallest absolute Gasteiger partial charge is 0.0567 e. The van der Waals surface area contributed by atoms with Gasteiger partial charge in [-0.05, 0) is 18.6 Å². The molecule has 30 valence electrons. The summed E-state index contributed by atoms with van der Waals surface area (Å²) >= 11 is 0. The molecule has 0 aromatic heterocycles. The number of rotatable bonds is 1. The summed E-state index contributed by atoms with van der Waals surface area (Å²) < 4.78 is 48.4. The summed E-state index contributed by atoms with van der Waals surface area (Å²) in [6.07, 6.45) is -5.28. The van der Waals surface area contributed by atoms with E-state index in [2.05, 4.69) is 0 Å². The quantitative estimate of drug-likeness (QED) is 0.482. The fourth-order valence-corrected chi connectivity index (χ4v) is 0.0872. The Bertz CT molecular complexity index is 202. The van der Waals surface area contributed by atoms with Gasteiger partial charge in [0.05, 0.1) is 2.74 Å². The van der Waals surface area contributed by atoms with Gasteiger partial charge in [0.15, 0.2) is 0 Å². The first-order valence-corrected chi connectivity index (χ1v) is 1.22. The summed E-state index contributed by atoms with van der Waals surface area (Å²) in [5.41, 5.74) is 0. The van der Waals surface area contributed by atoms with Gasteiger partial charge < -0.3 is 5.11 Å². The molecule has 0 saturated heterocycles. The molecule has 1 fully saturated rings.